The first-order valence-electron chi connectivity index (χ1n) is 7.96. The van der Waals surface area contributed by atoms with Crippen LogP contribution in [0, 0.1) is 0 Å². The van der Waals surface area contributed by atoms with E-state index in [4.69, 9.17) is 25.3 Å². The maximum absolute atomic E-state index is 6.10. The summed E-state index contributed by atoms with van der Waals surface area (Å²) in [5, 5.41) is 0. The Hall–Kier alpha value is 0.844. The molecule has 0 unspecified atom stereocenters. The van der Waals surface area contributed by atoms with Crippen molar-refractivity contribution in [3.8, 4) is 0 Å². The Morgan fingerprint density at radius 3 is 1.41 bits per heavy atom. The van der Waals surface area contributed by atoms with E-state index in [1.165, 1.54) is 19.3 Å². The molecule has 0 amide bonds. The van der Waals surface area contributed by atoms with Crippen LogP contribution in [0.3, 0.4) is 0 Å². The Balaban J connectivity index is 0.000000335. The molecule has 0 aliphatic carbocycles. The van der Waals surface area contributed by atoms with E-state index in [1.807, 2.05) is 0 Å². The number of rotatable bonds is 0. The molecule has 2 aliphatic rings. The standard InChI is InChI=1S/C6H22O5Si5.C5H10O/c1-14(2)8-12-7-13-9-15(3,4)11-16(5,6)10-14;1-2-4-6-5-3-1/h12-13H2,1-6H3;1-5H2. The average Bonchev–Trinajstić information content (AvgIpc) is 2.37. The highest BCUT2D eigenvalue weighted by atomic mass is 28.5. The quantitative estimate of drug-likeness (QED) is 0.573. The van der Waals surface area contributed by atoms with Crippen LogP contribution in [0.2, 0.25) is 39.3 Å². The van der Waals surface area contributed by atoms with Crippen LogP contribution >= 0.6 is 0 Å². The lowest BCUT2D eigenvalue weighted by atomic mass is 10.2. The topological polar surface area (TPSA) is 55.4 Å². The molecule has 11 heteroatoms. The van der Waals surface area contributed by atoms with Gasteiger partial charge in [0.1, 0.15) is 0 Å². The van der Waals surface area contributed by atoms with Crippen LogP contribution in [0.5, 0.6) is 0 Å². The highest BCUT2D eigenvalue weighted by Gasteiger charge is 2.42. The molecule has 2 fully saturated rings. The summed E-state index contributed by atoms with van der Waals surface area (Å²) >= 11 is 0. The minimum absolute atomic E-state index is 0.925. The summed E-state index contributed by atoms with van der Waals surface area (Å²) in [7, 11) is -8.11. The summed E-state index contributed by atoms with van der Waals surface area (Å²) in [5.41, 5.74) is 0. The molecule has 0 N–H and O–H groups in total. The normalized spacial score (nSPS) is 30.3. The molecular weight excluding hydrogens is 369 g/mol. The van der Waals surface area contributed by atoms with Crippen LogP contribution in [0.4, 0.5) is 0 Å². The zero-order chi connectivity index (χ0) is 16.7. The third-order valence-corrected chi connectivity index (χ3v) is 18.7. The van der Waals surface area contributed by atoms with Gasteiger partial charge in [0.2, 0.25) is 0 Å². The zero-order valence-electron chi connectivity index (χ0n) is 14.9. The van der Waals surface area contributed by atoms with Crippen molar-refractivity contribution in [2.24, 2.45) is 0 Å². The average molecular weight is 401 g/mol. The highest BCUT2D eigenvalue weighted by molar-refractivity contribution is 6.86. The van der Waals surface area contributed by atoms with Gasteiger partial charge < -0.3 is 25.3 Å². The molecule has 0 bridgehead atoms. The van der Waals surface area contributed by atoms with Crippen LogP contribution in [0.15, 0.2) is 0 Å². The lowest BCUT2D eigenvalue weighted by Crippen LogP contribution is -2.56. The van der Waals surface area contributed by atoms with Gasteiger partial charge in [0.05, 0.1) is 0 Å². The van der Waals surface area contributed by atoms with Crippen LogP contribution < -0.4 is 0 Å². The molecule has 132 valence electrons. The van der Waals surface area contributed by atoms with Crippen molar-refractivity contribution in [1.29, 1.82) is 0 Å². The van der Waals surface area contributed by atoms with E-state index in [2.05, 4.69) is 39.3 Å². The molecule has 2 rings (SSSR count). The molecule has 0 radical (unpaired) electrons. The third kappa shape index (κ3) is 9.87. The second-order valence-corrected chi connectivity index (χ2v) is 21.3. The van der Waals surface area contributed by atoms with Gasteiger partial charge in [-0.25, -0.2) is 0 Å². The van der Waals surface area contributed by atoms with Gasteiger partial charge in [-0.2, -0.15) is 0 Å². The monoisotopic (exact) mass is 400 g/mol. The van der Waals surface area contributed by atoms with Crippen LogP contribution in [-0.2, 0) is 25.3 Å². The molecule has 2 saturated heterocycles. The van der Waals surface area contributed by atoms with E-state index in [0.717, 1.165) is 13.2 Å². The lowest BCUT2D eigenvalue weighted by Gasteiger charge is -2.38. The van der Waals surface area contributed by atoms with Crippen LogP contribution in [0.25, 0.3) is 0 Å². The van der Waals surface area contributed by atoms with Gasteiger partial charge in [-0.1, -0.05) is 0 Å². The molecule has 2 heterocycles. The van der Waals surface area contributed by atoms with Gasteiger partial charge in [0.25, 0.3) is 20.0 Å². The molecule has 0 spiro atoms. The minimum atomic E-state index is -2.14. The van der Waals surface area contributed by atoms with Gasteiger partial charge in [-0.3, -0.25) is 0 Å². The van der Waals surface area contributed by atoms with Crippen molar-refractivity contribution in [1.82, 2.24) is 0 Å². The van der Waals surface area contributed by atoms with E-state index in [1.54, 1.807) is 0 Å². The fourth-order valence-corrected chi connectivity index (χ4v) is 18.6. The summed E-state index contributed by atoms with van der Waals surface area (Å²) in [5.74, 6) is 0. The van der Waals surface area contributed by atoms with Crippen molar-refractivity contribution in [2.75, 3.05) is 13.2 Å². The van der Waals surface area contributed by atoms with Gasteiger partial charge in [0.15, 0.2) is 0 Å². The second-order valence-electron chi connectivity index (χ2n) is 6.81. The maximum Gasteiger partial charge on any atom is 0.314 e. The highest BCUT2D eigenvalue weighted by Crippen LogP contribution is 2.22. The SMILES string of the molecule is C1CCOCC1.C[Si]1(C)O[SiH2]O[SiH2]O[Si](C)(C)O[Si](C)(C)O1. The molecule has 0 atom stereocenters. The summed E-state index contributed by atoms with van der Waals surface area (Å²) < 4.78 is 34.3. The summed E-state index contributed by atoms with van der Waals surface area (Å²) in [6.45, 7) is 14.4. The Morgan fingerprint density at radius 1 is 0.636 bits per heavy atom. The molecule has 2 aliphatic heterocycles. The summed E-state index contributed by atoms with van der Waals surface area (Å²) in [4.78, 5) is 0. The van der Waals surface area contributed by atoms with Crippen molar-refractivity contribution in [3.63, 3.8) is 0 Å². The van der Waals surface area contributed by atoms with Gasteiger partial charge in [-0.05, 0) is 58.5 Å². The molecule has 22 heavy (non-hydrogen) atoms. The molecular formula is C11H32O6Si5. The Morgan fingerprint density at radius 2 is 1.09 bits per heavy atom. The second kappa shape index (κ2) is 9.36. The fraction of sp³-hybridized carbons (Fsp3) is 1.00. The smallest absolute Gasteiger partial charge is 0.314 e. The summed E-state index contributed by atoms with van der Waals surface area (Å²) in [6, 6.07) is 0. The third-order valence-electron chi connectivity index (χ3n) is 3.04. The molecule has 0 saturated carbocycles. The first-order valence-corrected chi connectivity index (χ1v) is 18.7. The lowest BCUT2D eigenvalue weighted by molar-refractivity contribution is 0.0968. The Kier molecular flexibility index (Phi) is 8.89. The zero-order valence-corrected chi connectivity index (χ0v) is 20.7. The first kappa shape index (κ1) is 20.9. The molecule has 0 aromatic heterocycles. The van der Waals surface area contributed by atoms with E-state index >= 15 is 0 Å². The molecule has 0 aromatic rings. The predicted octanol–water partition coefficient (Wildman–Crippen LogP) is 1.37. The van der Waals surface area contributed by atoms with E-state index in [-0.39, 0.29) is 0 Å². The van der Waals surface area contributed by atoms with E-state index < -0.39 is 45.7 Å². The Labute approximate surface area is 143 Å². The van der Waals surface area contributed by atoms with Crippen molar-refractivity contribution >= 4 is 45.7 Å². The number of hydrogen-bond acceptors (Lipinski definition) is 6. The first-order chi connectivity index (χ1) is 10.1. The van der Waals surface area contributed by atoms with Gasteiger partial charge in [0, 0.05) is 13.2 Å². The van der Waals surface area contributed by atoms with Crippen molar-refractivity contribution in [2.45, 2.75) is 58.5 Å². The van der Waals surface area contributed by atoms with Gasteiger partial charge in [-0.15, -0.1) is 0 Å². The number of hydrogen-bond donors (Lipinski definition) is 0. The fourth-order valence-electron chi connectivity index (χ4n) is 2.35. The maximum atomic E-state index is 6.10. The van der Waals surface area contributed by atoms with Gasteiger partial charge >= 0.3 is 25.7 Å². The minimum Gasteiger partial charge on any atom is -0.425 e. The van der Waals surface area contributed by atoms with E-state index in [9.17, 15) is 0 Å². The van der Waals surface area contributed by atoms with Crippen LogP contribution in [-0.4, -0.2) is 58.9 Å². The molecule has 6 nitrogen and oxygen atoms in total. The van der Waals surface area contributed by atoms with E-state index in [0.29, 0.717) is 0 Å². The van der Waals surface area contributed by atoms with Crippen molar-refractivity contribution in [3.05, 3.63) is 0 Å². The Bertz CT molecular complexity index is 291. The molecule has 0 aromatic carbocycles. The van der Waals surface area contributed by atoms with Crippen LogP contribution in [0.1, 0.15) is 19.3 Å². The van der Waals surface area contributed by atoms with Crippen molar-refractivity contribution < 1.29 is 25.3 Å². The largest absolute Gasteiger partial charge is 0.425 e. The summed E-state index contributed by atoms with van der Waals surface area (Å²) in [6.07, 6.45) is 3.93. The predicted molar refractivity (Wildman–Crippen MR) is 99.6 cm³/mol. The number of ether oxygens (including phenoxy) is 1.